The number of pyridine rings is 1. The van der Waals surface area contributed by atoms with E-state index in [-0.39, 0.29) is 17.8 Å². The number of amides is 2. The molecule has 1 saturated heterocycles. The number of anilines is 1. The second-order valence-electron chi connectivity index (χ2n) is 8.08. The van der Waals surface area contributed by atoms with Crippen molar-refractivity contribution >= 4 is 39.6 Å². The van der Waals surface area contributed by atoms with Gasteiger partial charge in [-0.25, -0.2) is 4.98 Å². The Bertz CT molecular complexity index is 1290. The molecule has 1 aliphatic heterocycles. The number of carbonyl (C=O) groups is 2. The summed E-state index contributed by atoms with van der Waals surface area (Å²) in [5, 5.41) is 11.0. The zero-order valence-electron chi connectivity index (χ0n) is 17.5. The van der Waals surface area contributed by atoms with E-state index in [2.05, 4.69) is 30.9 Å². The third-order valence-corrected chi connectivity index (χ3v) is 5.80. The predicted octanol–water partition coefficient (Wildman–Crippen LogP) is 3.09. The van der Waals surface area contributed by atoms with E-state index >= 15 is 0 Å². The van der Waals surface area contributed by atoms with Crippen LogP contribution in [0.1, 0.15) is 33.7 Å². The fraction of sp³-hybridized carbons (Fsp3) is 0.250. The summed E-state index contributed by atoms with van der Waals surface area (Å²) in [6, 6.07) is 14.8. The summed E-state index contributed by atoms with van der Waals surface area (Å²) in [6.45, 7) is 2.59. The van der Waals surface area contributed by atoms with Crippen LogP contribution in [0.25, 0.3) is 21.8 Å². The van der Waals surface area contributed by atoms with Crippen molar-refractivity contribution < 1.29 is 9.59 Å². The van der Waals surface area contributed by atoms with Crippen LogP contribution in [0.2, 0.25) is 0 Å². The standard InChI is InChI=1S/C24H24N6O2/c31-22(27-13-15-5-4-10-25-12-15)18-8-3-9-19-21(18)29-24(28-19)30-23(32)20-11-16-6-1-2-7-17(16)14-26-20/h1-3,6-9,11,14-15,25H,4-5,10,12-13H2,(H,27,31)(H2,28,29,30,32)/t15-/m1/s1. The second kappa shape index (κ2) is 8.76. The number of imidazole rings is 1. The quantitative estimate of drug-likeness (QED) is 0.390. The van der Waals surface area contributed by atoms with Gasteiger partial charge in [-0.3, -0.25) is 19.9 Å². The van der Waals surface area contributed by atoms with E-state index < -0.39 is 0 Å². The van der Waals surface area contributed by atoms with E-state index in [0.717, 1.165) is 36.7 Å². The molecule has 2 aromatic carbocycles. The lowest BCUT2D eigenvalue weighted by atomic mass is 9.99. The van der Waals surface area contributed by atoms with Crippen molar-refractivity contribution in [2.75, 3.05) is 25.0 Å². The molecule has 3 heterocycles. The largest absolute Gasteiger partial charge is 0.352 e. The Kier molecular flexibility index (Phi) is 5.51. The maximum absolute atomic E-state index is 12.8. The Morgan fingerprint density at radius 2 is 1.94 bits per heavy atom. The highest BCUT2D eigenvalue weighted by atomic mass is 16.2. The minimum Gasteiger partial charge on any atom is -0.352 e. The van der Waals surface area contributed by atoms with Gasteiger partial charge in [-0.1, -0.05) is 30.3 Å². The average molecular weight is 428 g/mol. The van der Waals surface area contributed by atoms with Gasteiger partial charge in [-0.2, -0.15) is 0 Å². The first-order chi connectivity index (χ1) is 15.7. The molecule has 0 bridgehead atoms. The number of hydrogen-bond acceptors (Lipinski definition) is 5. The number of carbonyl (C=O) groups excluding carboxylic acids is 2. The Labute approximate surface area is 184 Å². The van der Waals surface area contributed by atoms with Crippen molar-refractivity contribution in [2.45, 2.75) is 12.8 Å². The monoisotopic (exact) mass is 428 g/mol. The molecule has 8 nitrogen and oxygen atoms in total. The number of aromatic nitrogens is 3. The number of aromatic amines is 1. The number of piperidine rings is 1. The molecule has 2 aromatic heterocycles. The molecule has 0 radical (unpaired) electrons. The maximum Gasteiger partial charge on any atom is 0.276 e. The molecule has 0 spiro atoms. The van der Waals surface area contributed by atoms with Crippen molar-refractivity contribution in [1.82, 2.24) is 25.6 Å². The zero-order valence-corrected chi connectivity index (χ0v) is 17.5. The fourth-order valence-electron chi connectivity index (χ4n) is 4.08. The Hall–Kier alpha value is -3.78. The Morgan fingerprint density at radius 1 is 1.06 bits per heavy atom. The Morgan fingerprint density at radius 3 is 2.78 bits per heavy atom. The summed E-state index contributed by atoms with van der Waals surface area (Å²) in [5.41, 5.74) is 1.97. The highest BCUT2D eigenvalue weighted by molar-refractivity contribution is 6.07. The van der Waals surface area contributed by atoms with Gasteiger partial charge < -0.3 is 15.6 Å². The molecule has 5 rings (SSSR count). The summed E-state index contributed by atoms with van der Waals surface area (Å²) < 4.78 is 0. The minimum absolute atomic E-state index is 0.165. The molecule has 0 saturated carbocycles. The van der Waals surface area contributed by atoms with Crippen molar-refractivity contribution in [2.24, 2.45) is 5.92 Å². The summed E-state index contributed by atoms with van der Waals surface area (Å²) >= 11 is 0. The number of rotatable bonds is 5. The molecule has 32 heavy (non-hydrogen) atoms. The predicted molar refractivity (Wildman–Crippen MR) is 124 cm³/mol. The van der Waals surface area contributed by atoms with Crippen LogP contribution >= 0.6 is 0 Å². The van der Waals surface area contributed by atoms with Gasteiger partial charge >= 0.3 is 0 Å². The topological polar surface area (TPSA) is 112 Å². The molecular weight excluding hydrogens is 404 g/mol. The first kappa shape index (κ1) is 20.1. The molecule has 2 amide bonds. The fourth-order valence-corrected chi connectivity index (χ4v) is 4.08. The lowest BCUT2D eigenvalue weighted by molar-refractivity contribution is 0.0945. The van der Waals surface area contributed by atoms with Crippen LogP contribution in [-0.4, -0.2) is 46.4 Å². The molecule has 1 aliphatic rings. The van der Waals surface area contributed by atoms with Crippen LogP contribution in [0.5, 0.6) is 0 Å². The summed E-state index contributed by atoms with van der Waals surface area (Å²) in [5.74, 6) is 0.180. The molecule has 0 aliphatic carbocycles. The van der Waals surface area contributed by atoms with Crippen molar-refractivity contribution in [3.8, 4) is 0 Å². The zero-order chi connectivity index (χ0) is 21.9. The second-order valence-corrected chi connectivity index (χ2v) is 8.08. The van der Waals surface area contributed by atoms with Gasteiger partial charge in [0.15, 0.2) is 0 Å². The number of benzene rings is 2. The van der Waals surface area contributed by atoms with E-state index in [4.69, 9.17) is 0 Å². The van der Waals surface area contributed by atoms with Gasteiger partial charge in [-0.05, 0) is 55.4 Å². The smallest absolute Gasteiger partial charge is 0.276 e. The number of H-pyrrole nitrogens is 1. The summed E-state index contributed by atoms with van der Waals surface area (Å²) in [6.07, 6.45) is 3.91. The number of nitrogens with one attached hydrogen (secondary N) is 4. The van der Waals surface area contributed by atoms with Gasteiger partial charge in [0.1, 0.15) is 11.2 Å². The SMILES string of the molecule is O=C(Nc1nc2c(C(=O)NC[C@@H]3CCCNC3)cccc2[nH]1)c1cc2ccccc2cn1. The van der Waals surface area contributed by atoms with Crippen LogP contribution < -0.4 is 16.0 Å². The van der Waals surface area contributed by atoms with Crippen LogP contribution in [0.4, 0.5) is 5.95 Å². The molecule has 1 atom stereocenters. The van der Waals surface area contributed by atoms with Gasteiger partial charge in [0.2, 0.25) is 5.95 Å². The van der Waals surface area contributed by atoms with E-state index in [1.807, 2.05) is 30.3 Å². The minimum atomic E-state index is -0.370. The number of nitrogens with zero attached hydrogens (tertiary/aromatic N) is 2. The normalized spacial score (nSPS) is 16.2. The molecule has 162 valence electrons. The first-order valence-electron chi connectivity index (χ1n) is 10.8. The number of fused-ring (bicyclic) bond motifs is 2. The third-order valence-electron chi connectivity index (χ3n) is 5.80. The highest BCUT2D eigenvalue weighted by Crippen LogP contribution is 2.20. The lowest BCUT2D eigenvalue weighted by Crippen LogP contribution is -2.38. The van der Waals surface area contributed by atoms with Crippen molar-refractivity contribution in [3.05, 3.63) is 66.0 Å². The van der Waals surface area contributed by atoms with Crippen LogP contribution in [-0.2, 0) is 0 Å². The van der Waals surface area contributed by atoms with Crippen molar-refractivity contribution in [3.63, 3.8) is 0 Å². The van der Waals surface area contributed by atoms with Gasteiger partial charge in [0.25, 0.3) is 11.8 Å². The average Bonchev–Trinajstić information content (AvgIpc) is 3.25. The van der Waals surface area contributed by atoms with E-state index in [1.54, 1.807) is 24.4 Å². The number of hydrogen-bond donors (Lipinski definition) is 4. The summed E-state index contributed by atoms with van der Waals surface area (Å²) in [7, 11) is 0. The van der Waals surface area contributed by atoms with Gasteiger partial charge in [-0.15, -0.1) is 0 Å². The molecule has 1 fully saturated rings. The van der Waals surface area contributed by atoms with Crippen LogP contribution in [0, 0.1) is 5.92 Å². The molecular formula is C24H24N6O2. The Balaban J connectivity index is 1.32. The maximum atomic E-state index is 12.8. The molecule has 4 N–H and O–H groups in total. The molecule has 8 heteroatoms. The van der Waals surface area contributed by atoms with Crippen molar-refractivity contribution in [1.29, 1.82) is 0 Å². The van der Waals surface area contributed by atoms with E-state index in [1.165, 1.54) is 0 Å². The third kappa shape index (κ3) is 4.17. The van der Waals surface area contributed by atoms with Gasteiger partial charge in [0.05, 0.1) is 11.1 Å². The summed E-state index contributed by atoms with van der Waals surface area (Å²) in [4.78, 5) is 37.3. The number of para-hydroxylation sites is 1. The molecule has 4 aromatic rings. The lowest BCUT2D eigenvalue weighted by Gasteiger charge is -2.22. The van der Waals surface area contributed by atoms with E-state index in [9.17, 15) is 9.59 Å². The first-order valence-corrected chi connectivity index (χ1v) is 10.8. The van der Waals surface area contributed by atoms with Crippen LogP contribution in [0.3, 0.4) is 0 Å². The van der Waals surface area contributed by atoms with Crippen LogP contribution in [0.15, 0.2) is 54.7 Å². The highest BCUT2D eigenvalue weighted by Gasteiger charge is 2.18. The molecule has 0 unspecified atom stereocenters. The van der Waals surface area contributed by atoms with E-state index in [0.29, 0.717) is 34.8 Å². The van der Waals surface area contributed by atoms with Gasteiger partial charge in [0, 0.05) is 18.1 Å².